The fraction of sp³-hybridized carbons (Fsp3) is 0.600. The van der Waals surface area contributed by atoms with Crippen LogP contribution in [0.3, 0.4) is 0 Å². The Morgan fingerprint density at radius 3 is 2.21 bits per heavy atom. The van der Waals surface area contributed by atoms with Gasteiger partial charge in [-0.1, -0.05) is 0 Å². The van der Waals surface area contributed by atoms with Crippen molar-refractivity contribution in [2.45, 2.75) is 25.8 Å². The smallest absolute Gasteiger partial charge is 0.326 e. The molecule has 0 aromatic rings. The monoisotopic (exact) mass is 274 g/mol. The molecule has 0 aliphatic carbocycles. The Labute approximate surface area is 109 Å². The van der Waals surface area contributed by atoms with Gasteiger partial charge in [0.25, 0.3) is 0 Å². The van der Waals surface area contributed by atoms with Gasteiger partial charge in [-0.05, 0) is 6.42 Å². The number of urea groups is 1. The van der Waals surface area contributed by atoms with E-state index in [9.17, 15) is 19.2 Å². The normalized spacial score (nSPS) is 11.2. The van der Waals surface area contributed by atoms with Crippen molar-refractivity contribution >= 4 is 23.8 Å². The topological polar surface area (TPSA) is 151 Å². The molecule has 9 heteroatoms. The molecule has 0 rings (SSSR count). The van der Waals surface area contributed by atoms with Crippen LogP contribution >= 0.6 is 0 Å². The molecule has 0 saturated carbocycles. The van der Waals surface area contributed by atoms with Crippen LogP contribution in [-0.2, 0) is 14.4 Å². The molecule has 0 saturated heterocycles. The summed E-state index contributed by atoms with van der Waals surface area (Å²) in [6.07, 6.45) is -0.215. The highest BCUT2D eigenvalue weighted by Gasteiger charge is 2.20. The number of carbonyl (C=O) groups excluding carboxylic acids is 3. The Morgan fingerprint density at radius 1 is 1.16 bits per heavy atom. The van der Waals surface area contributed by atoms with Crippen molar-refractivity contribution in [1.82, 2.24) is 16.0 Å². The Morgan fingerprint density at radius 2 is 1.74 bits per heavy atom. The summed E-state index contributed by atoms with van der Waals surface area (Å²) in [4.78, 5) is 43.2. The Bertz CT molecular complexity index is 358. The number of nitrogens with two attached hydrogens (primary N) is 1. The highest BCUT2D eigenvalue weighted by molar-refractivity contribution is 5.83. The van der Waals surface area contributed by atoms with Gasteiger partial charge in [-0.3, -0.25) is 9.59 Å². The van der Waals surface area contributed by atoms with Crippen molar-refractivity contribution in [2.24, 2.45) is 5.73 Å². The molecule has 0 bridgehead atoms. The van der Waals surface area contributed by atoms with Crippen molar-refractivity contribution in [1.29, 1.82) is 0 Å². The second kappa shape index (κ2) is 8.72. The van der Waals surface area contributed by atoms with Crippen LogP contribution in [0, 0.1) is 0 Å². The summed E-state index contributed by atoms with van der Waals surface area (Å²) >= 11 is 0. The third-order valence-corrected chi connectivity index (χ3v) is 2.07. The van der Waals surface area contributed by atoms with Crippen molar-refractivity contribution in [3.05, 3.63) is 0 Å². The molecule has 0 unspecified atom stereocenters. The van der Waals surface area contributed by atoms with E-state index in [0.29, 0.717) is 0 Å². The van der Waals surface area contributed by atoms with Gasteiger partial charge < -0.3 is 26.8 Å². The van der Waals surface area contributed by atoms with Gasteiger partial charge in [-0.2, -0.15) is 0 Å². The van der Waals surface area contributed by atoms with Gasteiger partial charge in [-0.15, -0.1) is 0 Å². The molecule has 0 aromatic heterocycles. The summed E-state index contributed by atoms with van der Waals surface area (Å²) < 4.78 is 0. The molecule has 1 atom stereocenters. The molecule has 6 N–H and O–H groups in total. The minimum Gasteiger partial charge on any atom is -0.480 e. The summed E-state index contributed by atoms with van der Waals surface area (Å²) in [6.45, 7) is 1.74. The van der Waals surface area contributed by atoms with Gasteiger partial charge >= 0.3 is 12.0 Å². The fourth-order valence-electron chi connectivity index (χ4n) is 1.17. The zero-order valence-corrected chi connectivity index (χ0v) is 10.6. The number of rotatable bonds is 8. The van der Waals surface area contributed by atoms with E-state index in [4.69, 9.17) is 10.8 Å². The quantitative estimate of drug-likeness (QED) is 0.329. The molecule has 0 spiro atoms. The summed E-state index contributed by atoms with van der Waals surface area (Å²) in [7, 11) is 0. The molecule has 0 fully saturated rings. The number of carbonyl (C=O) groups is 4. The first-order valence-electron chi connectivity index (χ1n) is 5.63. The van der Waals surface area contributed by atoms with Crippen LogP contribution in [0.5, 0.6) is 0 Å². The molecular weight excluding hydrogens is 256 g/mol. The SMILES string of the molecule is CC(=O)NCCNC(=O)N[C@@H](CCC(N)=O)C(=O)O. The summed E-state index contributed by atoms with van der Waals surface area (Å²) in [5.74, 6) is -2.12. The third-order valence-electron chi connectivity index (χ3n) is 2.07. The van der Waals surface area contributed by atoms with E-state index in [1.54, 1.807) is 0 Å². The molecule has 0 heterocycles. The minimum absolute atomic E-state index is 0.0796. The van der Waals surface area contributed by atoms with Crippen molar-refractivity contribution in [3.63, 3.8) is 0 Å². The number of hydrogen-bond acceptors (Lipinski definition) is 4. The molecule has 0 aliphatic rings. The Hall–Kier alpha value is -2.32. The molecular formula is C10H18N4O5. The first-order chi connectivity index (χ1) is 8.82. The Kier molecular flexibility index (Phi) is 7.66. The summed E-state index contributed by atoms with van der Waals surface area (Å²) in [5, 5.41) is 15.8. The highest BCUT2D eigenvalue weighted by atomic mass is 16.4. The number of carboxylic acid groups (broad SMARTS) is 1. The van der Waals surface area contributed by atoms with Crippen LogP contribution in [0.4, 0.5) is 4.79 Å². The number of carboxylic acids is 1. The van der Waals surface area contributed by atoms with E-state index in [1.807, 2.05) is 0 Å². The highest BCUT2D eigenvalue weighted by Crippen LogP contribution is 1.97. The zero-order valence-electron chi connectivity index (χ0n) is 10.6. The number of aliphatic carboxylic acids is 1. The first-order valence-corrected chi connectivity index (χ1v) is 5.63. The van der Waals surface area contributed by atoms with E-state index < -0.39 is 23.9 Å². The second-order valence-electron chi connectivity index (χ2n) is 3.78. The van der Waals surface area contributed by atoms with Gasteiger partial charge in [0.1, 0.15) is 6.04 Å². The molecule has 0 radical (unpaired) electrons. The predicted molar refractivity (Wildman–Crippen MR) is 65.1 cm³/mol. The molecule has 0 aliphatic heterocycles. The number of amides is 4. The third kappa shape index (κ3) is 9.39. The van der Waals surface area contributed by atoms with Crippen LogP contribution in [0.25, 0.3) is 0 Å². The van der Waals surface area contributed by atoms with Crippen LogP contribution in [-0.4, -0.2) is 48.1 Å². The minimum atomic E-state index is -1.25. The van der Waals surface area contributed by atoms with Crippen LogP contribution in [0.2, 0.25) is 0 Å². The first kappa shape index (κ1) is 16.7. The van der Waals surface area contributed by atoms with Gasteiger partial charge in [0, 0.05) is 26.4 Å². The van der Waals surface area contributed by atoms with E-state index in [2.05, 4.69) is 16.0 Å². The molecule has 19 heavy (non-hydrogen) atoms. The van der Waals surface area contributed by atoms with E-state index in [0.717, 1.165) is 0 Å². The zero-order chi connectivity index (χ0) is 14.8. The maximum absolute atomic E-state index is 11.3. The maximum Gasteiger partial charge on any atom is 0.326 e. The summed E-state index contributed by atoms with van der Waals surface area (Å²) in [5.41, 5.74) is 4.90. The van der Waals surface area contributed by atoms with Crippen molar-refractivity contribution in [3.8, 4) is 0 Å². The summed E-state index contributed by atoms with van der Waals surface area (Å²) in [6, 6.07) is -1.88. The average Bonchev–Trinajstić information content (AvgIpc) is 2.29. The molecule has 9 nitrogen and oxygen atoms in total. The van der Waals surface area contributed by atoms with E-state index in [1.165, 1.54) is 6.92 Å². The number of primary amides is 1. The largest absolute Gasteiger partial charge is 0.480 e. The van der Waals surface area contributed by atoms with Crippen LogP contribution < -0.4 is 21.7 Å². The van der Waals surface area contributed by atoms with E-state index >= 15 is 0 Å². The van der Waals surface area contributed by atoms with Gasteiger partial charge in [0.2, 0.25) is 11.8 Å². The van der Waals surface area contributed by atoms with Crippen molar-refractivity contribution in [2.75, 3.05) is 13.1 Å². The molecule has 108 valence electrons. The predicted octanol–water partition coefficient (Wildman–Crippen LogP) is -1.86. The molecule has 4 amide bonds. The lowest BCUT2D eigenvalue weighted by Crippen LogP contribution is -2.47. The fourth-order valence-corrected chi connectivity index (χ4v) is 1.17. The lowest BCUT2D eigenvalue weighted by Gasteiger charge is -2.14. The van der Waals surface area contributed by atoms with Gasteiger partial charge in [-0.25, -0.2) is 9.59 Å². The lowest BCUT2D eigenvalue weighted by atomic mass is 10.1. The lowest BCUT2D eigenvalue weighted by molar-refractivity contribution is -0.139. The van der Waals surface area contributed by atoms with Crippen LogP contribution in [0.15, 0.2) is 0 Å². The number of nitrogens with one attached hydrogen (secondary N) is 3. The van der Waals surface area contributed by atoms with Gasteiger partial charge in [0.05, 0.1) is 0 Å². The number of hydrogen-bond donors (Lipinski definition) is 5. The standard InChI is InChI=1S/C10H18N4O5/c1-6(15)12-4-5-13-10(19)14-7(9(17)18)2-3-8(11)16/h7H,2-5H2,1H3,(H2,11,16)(H,12,15)(H,17,18)(H2,13,14,19)/t7-/m0/s1. The maximum atomic E-state index is 11.3. The average molecular weight is 274 g/mol. The molecule has 0 aromatic carbocycles. The Balaban J connectivity index is 3.99. The van der Waals surface area contributed by atoms with E-state index in [-0.39, 0.29) is 31.8 Å². The second-order valence-corrected chi connectivity index (χ2v) is 3.78. The van der Waals surface area contributed by atoms with Crippen LogP contribution in [0.1, 0.15) is 19.8 Å². The van der Waals surface area contributed by atoms with Crippen molar-refractivity contribution < 1.29 is 24.3 Å². The van der Waals surface area contributed by atoms with Gasteiger partial charge in [0.15, 0.2) is 0 Å².